The fraction of sp³-hybridized carbons (Fsp3) is 0.438. The molecule has 1 aliphatic heterocycles. The van der Waals surface area contributed by atoms with Gasteiger partial charge in [0.05, 0.1) is 12.3 Å². The maximum atomic E-state index is 5.89. The highest BCUT2D eigenvalue weighted by Crippen LogP contribution is 2.32. The zero-order chi connectivity index (χ0) is 14.7. The number of ether oxygens (including phenoxy) is 2. The van der Waals surface area contributed by atoms with Crippen molar-refractivity contribution in [3.05, 3.63) is 40.5 Å². The van der Waals surface area contributed by atoms with E-state index in [4.69, 9.17) is 9.47 Å². The lowest BCUT2D eigenvalue weighted by atomic mass is 10.0. The summed E-state index contributed by atoms with van der Waals surface area (Å²) in [6.07, 6.45) is 3.35. The van der Waals surface area contributed by atoms with E-state index < -0.39 is 0 Å². The monoisotopic (exact) mass is 350 g/mol. The highest BCUT2D eigenvalue weighted by Gasteiger charge is 2.21. The van der Waals surface area contributed by atoms with Crippen LogP contribution in [0.4, 0.5) is 0 Å². The highest BCUT2D eigenvalue weighted by molar-refractivity contribution is 9.10. The Morgan fingerprint density at radius 2 is 2.24 bits per heavy atom. The molecule has 0 radical (unpaired) electrons. The minimum absolute atomic E-state index is 0.0238. The first kappa shape index (κ1) is 14.8. The lowest BCUT2D eigenvalue weighted by molar-refractivity contribution is -0.0385. The van der Waals surface area contributed by atoms with Crippen molar-refractivity contribution in [2.24, 2.45) is 0 Å². The molecule has 1 aromatic carbocycles. The number of rotatable bonds is 4. The van der Waals surface area contributed by atoms with Gasteiger partial charge in [-0.3, -0.25) is 0 Å². The van der Waals surface area contributed by atoms with Gasteiger partial charge in [-0.25, -0.2) is 4.68 Å². The van der Waals surface area contributed by atoms with E-state index in [1.807, 2.05) is 22.9 Å². The fourth-order valence-electron chi connectivity index (χ4n) is 2.75. The quantitative estimate of drug-likeness (QED) is 0.830. The molecule has 0 saturated carbocycles. The lowest BCUT2D eigenvalue weighted by Gasteiger charge is -2.25. The number of nitrogens with zero attached hydrogens (tertiary/aromatic N) is 2. The van der Waals surface area contributed by atoms with E-state index in [1.165, 1.54) is 6.42 Å². The van der Waals surface area contributed by atoms with Crippen LogP contribution in [0.15, 0.2) is 34.9 Å². The summed E-state index contributed by atoms with van der Waals surface area (Å²) in [5.74, 6) is 0. The van der Waals surface area contributed by atoms with Crippen LogP contribution in [-0.2, 0) is 16.1 Å². The molecule has 0 spiro atoms. The van der Waals surface area contributed by atoms with Crippen LogP contribution in [0.3, 0.4) is 0 Å². The number of methoxy groups -OCH3 is 1. The molecule has 0 aliphatic carbocycles. The van der Waals surface area contributed by atoms with E-state index in [0.29, 0.717) is 6.61 Å². The zero-order valence-electron chi connectivity index (χ0n) is 12.1. The summed E-state index contributed by atoms with van der Waals surface area (Å²) < 4.78 is 14.0. The van der Waals surface area contributed by atoms with Gasteiger partial charge in [0, 0.05) is 19.3 Å². The van der Waals surface area contributed by atoms with Crippen molar-refractivity contribution in [2.45, 2.75) is 32.1 Å². The van der Waals surface area contributed by atoms with Crippen LogP contribution in [0.5, 0.6) is 0 Å². The maximum absolute atomic E-state index is 5.89. The molecule has 5 heteroatoms. The van der Waals surface area contributed by atoms with Crippen molar-refractivity contribution < 1.29 is 9.47 Å². The van der Waals surface area contributed by atoms with Gasteiger partial charge >= 0.3 is 0 Å². The number of hydrogen-bond donors (Lipinski definition) is 0. The van der Waals surface area contributed by atoms with E-state index in [-0.39, 0.29) is 6.23 Å². The predicted octanol–water partition coefficient (Wildman–Crippen LogP) is 4.16. The number of aromatic nitrogens is 2. The molecule has 1 aromatic heterocycles. The molecule has 1 saturated heterocycles. The van der Waals surface area contributed by atoms with Crippen LogP contribution in [0.1, 0.15) is 31.1 Å². The van der Waals surface area contributed by atoms with Crippen LogP contribution >= 0.6 is 15.9 Å². The molecule has 1 fully saturated rings. The Morgan fingerprint density at radius 3 is 3.00 bits per heavy atom. The third kappa shape index (κ3) is 3.20. The molecule has 4 nitrogen and oxygen atoms in total. The van der Waals surface area contributed by atoms with E-state index in [9.17, 15) is 0 Å². The molecule has 2 heterocycles. The molecule has 0 bridgehead atoms. The molecule has 1 aliphatic rings. The van der Waals surface area contributed by atoms with Crippen LogP contribution in [0.2, 0.25) is 0 Å². The maximum Gasteiger partial charge on any atom is 0.150 e. The first-order chi connectivity index (χ1) is 10.3. The second-order valence-electron chi connectivity index (χ2n) is 5.21. The van der Waals surface area contributed by atoms with E-state index >= 15 is 0 Å². The largest absolute Gasteiger partial charge is 0.380 e. The smallest absolute Gasteiger partial charge is 0.150 e. The second-order valence-corrected chi connectivity index (χ2v) is 6.02. The fourth-order valence-corrected chi connectivity index (χ4v) is 3.14. The van der Waals surface area contributed by atoms with Gasteiger partial charge in [0.15, 0.2) is 6.23 Å². The summed E-state index contributed by atoms with van der Waals surface area (Å²) in [5.41, 5.74) is 3.37. The molecule has 112 valence electrons. The second kappa shape index (κ2) is 6.73. The number of benzene rings is 1. The summed E-state index contributed by atoms with van der Waals surface area (Å²) in [5, 5.41) is 4.58. The topological polar surface area (TPSA) is 36.3 Å². The Labute approximate surface area is 133 Å². The van der Waals surface area contributed by atoms with Gasteiger partial charge in [-0.05, 0) is 46.8 Å². The summed E-state index contributed by atoms with van der Waals surface area (Å²) in [6.45, 7) is 1.39. The molecule has 0 amide bonds. The number of hydrogen-bond acceptors (Lipinski definition) is 3. The van der Waals surface area contributed by atoms with Gasteiger partial charge in [0.2, 0.25) is 0 Å². The normalized spacial score (nSPS) is 18.9. The zero-order valence-corrected chi connectivity index (χ0v) is 13.7. The first-order valence-electron chi connectivity index (χ1n) is 7.23. The molecular formula is C16H19BrN2O2. The minimum atomic E-state index is 0.0238. The van der Waals surface area contributed by atoms with Crippen LogP contribution in [0, 0.1) is 0 Å². The van der Waals surface area contributed by atoms with Crippen molar-refractivity contribution in [1.82, 2.24) is 9.78 Å². The lowest BCUT2D eigenvalue weighted by Crippen LogP contribution is -2.20. The third-order valence-electron chi connectivity index (χ3n) is 3.73. The Kier molecular flexibility index (Phi) is 4.73. The van der Waals surface area contributed by atoms with Crippen LogP contribution < -0.4 is 0 Å². The van der Waals surface area contributed by atoms with Gasteiger partial charge in [0.25, 0.3) is 0 Å². The van der Waals surface area contributed by atoms with Crippen LogP contribution in [0.25, 0.3) is 11.3 Å². The van der Waals surface area contributed by atoms with Crippen molar-refractivity contribution in [3.63, 3.8) is 0 Å². The molecule has 1 atom stereocenters. The van der Waals surface area contributed by atoms with Gasteiger partial charge < -0.3 is 9.47 Å². The Balaban J connectivity index is 2.02. The first-order valence-corrected chi connectivity index (χ1v) is 8.03. The van der Waals surface area contributed by atoms with Crippen molar-refractivity contribution >= 4 is 15.9 Å². The SMILES string of the molecule is COCc1ccccc1-c1cc(Br)nn1C1CCCCO1. The average Bonchev–Trinajstić information content (AvgIpc) is 2.91. The summed E-state index contributed by atoms with van der Waals surface area (Å²) in [6, 6.07) is 10.3. The van der Waals surface area contributed by atoms with Gasteiger partial charge in [-0.2, -0.15) is 5.10 Å². The summed E-state index contributed by atoms with van der Waals surface area (Å²) >= 11 is 3.49. The molecular weight excluding hydrogens is 332 g/mol. The number of halogens is 1. The molecule has 21 heavy (non-hydrogen) atoms. The van der Waals surface area contributed by atoms with E-state index in [1.54, 1.807) is 7.11 Å². The van der Waals surface area contributed by atoms with E-state index in [2.05, 4.69) is 33.2 Å². The summed E-state index contributed by atoms with van der Waals surface area (Å²) in [4.78, 5) is 0. The Hall–Kier alpha value is -1.17. The van der Waals surface area contributed by atoms with Gasteiger partial charge in [-0.1, -0.05) is 24.3 Å². The van der Waals surface area contributed by atoms with Crippen molar-refractivity contribution in [2.75, 3.05) is 13.7 Å². The molecule has 3 rings (SSSR count). The molecule has 1 unspecified atom stereocenters. The standard InChI is InChI=1S/C16H19BrN2O2/c1-20-11-12-6-2-3-7-13(12)14-10-15(17)18-19(14)16-8-4-5-9-21-16/h2-3,6-7,10,16H,4-5,8-9,11H2,1H3. The Morgan fingerprint density at radius 1 is 1.38 bits per heavy atom. The van der Waals surface area contributed by atoms with Crippen LogP contribution in [-0.4, -0.2) is 23.5 Å². The highest BCUT2D eigenvalue weighted by atomic mass is 79.9. The molecule has 2 aromatic rings. The predicted molar refractivity (Wildman–Crippen MR) is 84.9 cm³/mol. The Bertz CT molecular complexity index is 606. The third-order valence-corrected chi connectivity index (χ3v) is 4.12. The van der Waals surface area contributed by atoms with Gasteiger partial charge in [-0.15, -0.1) is 0 Å². The van der Waals surface area contributed by atoms with Crippen molar-refractivity contribution in [1.29, 1.82) is 0 Å². The minimum Gasteiger partial charge on any atom is -0.380 e. The van der Waals surface area contributed by atoms with Crippen molar-refractivity contribution in [3.8, 4) is 11.3 Å². The summed E-state index contributed by atoms with van der Waals surface area (Å²) in [7, 11) is 1.72. The average molecular weight is 351 g/mol. The van der Waals surface area contributed by atoms with E-state index in [0.717, 1.165) is 40.9 Å². The van der Waals surface area contributed by atoms with Gasteiger partial charge in [0.1, 0.15) is 4.60 Å². The molecule has 0 N–H and O–H groups in total.